The fourth-order valence-corrected chi connectivity index (χ4v) is 3.54. The number of nitrogens with zero attached hydrogens (tertiary/aromatic N) is 2. The summed E-state index contributed by atoms with van der Waals surface area (Å²) in [6, 6.07) is 9.92. The molecule has 20 heavy (non-hydrogen) atoms. The maximum Gasteiger partial charge on any atom is 0.283 e. The van der Waals surface area contributed by atoms with Gasteiger partial charge in [-0.1, -0.05) is 18.2 Å². The van der Waals surface area contributed by atoms with Crippen LogP contribution in [0.1, 0.15) is 11.1 Å². The van der Waals surface area contributed by atoms with E-state index < -0.39 is 5.54 Å². The molecular formula is C14H10IN3O2. The van der Waals surface area contributed by atoms with Gasteiger partial charge in [-0.25, -0.2) is 9.98 Å². The van der Waals surface area contributed by atoms with Gasteiger partial charge in [0, 0.05) is 15.3 Å². The van der Waals surface area contributed by atoms with Crippen molar-refractivity contribution in [1.29, 1.82) is 0 Å². The first kappa shape index (κ1) is 12.0. The average molecular weight is 379 g/mol. The molecule has 0 aliphatic carbocycles. The summed E-state index contributed by atoms with van der Waals surface area (Å²) in [6.45, 7) is 0.369. The molecule has 2 aliphatic heterocycles. The van der Waals surface area contributed by atoms with Crippen molar-refractivity contribution in [3.63, 3.8) is 0 Å². The Kier molecular flexibility index (Phi) is 2.44. The summed E-state index contributed by atoms with van der Waals surface area (Å²) in [6.07, 6.45) is 1.73. The average Bonchev–Trinajstić information content (AvgIpc) is 2.82. The molecule has 3 heterocycles. The molecule has 0 saturated carbocycles. The Morgan fingerprint density at radius 2 is 2.10 bits per heavy atom. The van der Waals surface area contributed by atoms with Crippen molar-refractivity contribution in [3.05, 3.63) is 51.2 Å². The number of hydrogen-bond acceptors (Lipinski definition) is 5. The van der Waals surface area contributed by atoms with Gasteiger partial charge in [0.25, 0.3) is 6.02 Å². The van der Waals surface area contributed by atoms with Crippen LogP contribution in [-0.2, 0) is 10.3 Å². The van der Waals surface area contributed by atoms with E-state index in [1.807, 2.05) is 30.3 Å². The molecule has 0 fully saturated rings. The van der Waals surface area contributed by atoms with Crippen LogP contribution in [0, 0.1) is 3.57 Å². The second-order valence-electron chi connectivity index (χ2n) is 4.67. The molecule has 4 rings (SSSR count). The molecule has 0 saturated heterocycles. The third kappa shape index (κ3) is 1.48. The van der Waals surface area contributed by atoms with Gasteiger partial charge >= 0.3 is 0 Å². The van der Waals surface area contributed by atoms with Crippen LogP contribution in [0.5, 0.6) is 11.6 Å². The zero-order chi connectivity index (χ0) is 13.7. The molecule has 0 bridgehead atoms. The first-order valence-electron chi connectivity index (χ1n) is 6.11. The molecule has 2 N–H and O–H groups in total. The van der Waals surface area contributed by atoms with E-state index in [0.29, 0.717) is 12.5 Å². The summed E-state index contributed by atoms with van der Waals surface area (Å²) in [5.74, 6) is 1.31. The lowest BCUT2D eigenvalue weighted by atomic mass is 9.83. The summed E-state index contributed by atoms with van der Waals surface area (Å²) in [5, 5.41) is 0. The number of amidine groups is 1. The fourth-order valence-electron chi connectivity index (χ4n) is 2.71. The van der Waals surface area contributed by atoms with Gasteiger partial charge in [0.1, 0.15) is 12.4 Å². The molecule has 1 aromatic carbocycles. The lowest BCUT2D eigenvalue weighted by Crippen LogP contribution is -2.32. The van der Waals surface area contributed by atoms with E-state index in [4.69, 9.17) is 15.2 Å². The maximum absolute atomic E-state index is 5.90. The molecule has 1 unspecified atom stereocenters. The van der Waals surface area contributed by atoms with Gasteiger partial charge in [-0.05, 0) is 34.7 Å². The Hall–Kier alpha value is -1.83. The zero-order valence-corrected chi connectivity index (χ0v) is 12.5. The minimum Gasteiger partial charge on any atom is -0.462 e. The summed E-state index contributed by atoms with van der Waals surface area (Å²) in [5.41, 5.74) is 6.99. The van der Waals surface area contributed by atoms with Crippen LogP contribution in [0.3, 0.4) is 0 Å². The number of aliphatic imine (C=N–C) groups is 1. The lowest BCUT2D eigenvalue weighted by Gasteiger charge is -2.33. The summed E-state index contributed by atoms with van der Waals surface area (Å²) in [7, 11) is 0. The number of benzene rings is 1. The molecule has 1 atom stereocenters. The fraction of sp³-hybridized carbons (Fsp3) is 0.143. The highest BCUT2D eigenvalue weighted by Crippen LogP contribution is 2.51. The van der Waals surface area contributed by atoms with Crippen molar-refractivity contribution in [2.75, 3.05) is 6.61 Å². The SMILES string of the molecule is NC1=NC2(CO1)c1ccccc1Oc1nccc(I)c12. The van der Waals surface area contributed by atoms with Crippen LogP contribution in [0.25, 0.3) is 0 Å². The van der Waals surface area contributed by atoms with Gasteiger partial charge in [0.15, 0.2) is 5.54 Å². The largest absolute Gasteiger partial charge is 0.462 e. The molecule has 0 radical (unpaired) electrons. The Bertz CT molecular complexity index is 747. The smallest absolute Gasteiger partial charge is 0.283 e. The molecule has 1 aromatic heterocycles. The van der Waals surface area contributed by atoms with E-state index in [9.17, 15) is 0 Å². The highest BCUT2D eigenvalue weighted by atomic mass is 127. The van der Waals surface area contributed by atoms with Gasteiger partial charge in [-0.15, -0.1) is 0 Å². The van der Waals surface area contributed by atoms with Crippen molar-refractivity contribution in [2.45, 2.75) is 5.54 Å². The van der Waals surface area contributed by atoms with Crippen LogP contribution in [0.2, 0.25) is 0 Å². The van der Waals surface area contributed by atoms with E-state index in [1.54, 1.807) is 6.20 Å². The normalized spacial score (nSPS) is 22.6. The second-order valence-corrected chi connectivity index (χ2v) is 5.83. The van der Waals surface area contributed by atoms with E-state index in [1.165, 1.54) is 0 Å². The van der Waals surface area contributed by atoms with Gasteiger partial charge in [-0.2, -0.15) is 0 Å². The monoisotopic (exact) mass is 379 g/mol. The molecule has 0 amide bonds. The highest BCUT2D eigenvalue weighted by Gasteiger charge is 2.48. The number of ether oxygens (including phenoxy) is 2. The van der Waals surface area contributed by atoms with Gasteiger partial charge < -0.3 is 15.2 Å². The molecule has 1 spiro atoms. The van der Waals surface area contributed by atoms with Crippen LogP contribution in [0.15, 0.2) is 41.5 Å². The third-order valence-electron chi connectivity index (χ3n) is 3.55. The van der Waals surface area contributed by atoms with Gasteiger partial charge in [0.2, 0.25) is 5.88 Å². The number of hydrogen-bond donors (Lipinski definition) is 1. The van der Waals surface area contributed by atoms with Crippen molar-refractivity contribution >= 4 is 28.6 Å². The molecule has 6 heteroatoms. The van der Waals surface area contributed by atoms with E-state index >= 15 is 0 Å². The van der Waals surface area contributed by atoms with E-state index in [2.05, 4.69) is 32.6 Å². The molecule has 100 valence electrons. The number of aromatic nitrogens is 1. The predicted octanol–water partition coefficient (Wildman–Crippen LogP) is 2.38. The molecule has 5 nitrogen and oxygen atoms in total. The van der Waals surface area contributed by atoms with Crippen LogP contribution >= 0.6 is 22.6 Å². The van der Waals surface area contributed by atoms with Crippen molar-refractivity contribution in [1.82, 2.24) is 4.98 Å². The standard InChI is InChI=1S/C14H10IN3O2/c15-9-5-6-17-12-11(9)14(7-19-13(16)18-14)8-3-1-2-4-10(8)20-12/h1-6H,7H2,(H2,16,18). The topological polar surface area (TPSA) is 69.7 Å². The Balaban J connectivity index is 2.08. The number of halogens is 1. The third-order valence-corrected chi connectivity index (χ3v) is 4.45. The van der Waals surface area contributed by atoms with Crippen molar-refractivity contribution in [3.8, 4) is 11.6 Å². The van der Waals surface area contributed by atoms with Crippen LogP contribution < -0.4 is 10.5 Å². The summed E-state index contributed by atoms with van der Waals surface area (Å²) in [4.78, 5) is 8.90. The number of fused-ring (bicyclic) bond motifs is 4. The molecule has 2 aliphatic rings. The highest BCUT2D eigenvalue weighted by molar-refractivity contribution is 14.1. The van der Waals surface area contributed by atoms with Crippen LogP contribution in [0.4, 0.5) is 0 Å². The minimum absolute atomic E-state index is 0.201. The predicted molar refractivity (Wildman–Crippen MR) is 81.8 cm³/mol. The first-order valence-corrected chi connectivity index (χ1v) is 7.19. The maximum atomic E-state index is 5.90. The summed E-state index contributed by atoms with van der Waals surface area (Å²) < 4.78 is 12.4. The molecular weight excluding hydrogens is 369 g/mol. The van der Waals surface area contributed by atoms with Gasteiger partial charge in [0.05, 0.1) is 5.56 Å². The molecule has 2 aromatic rings. The van der Waals surface area contributed by atoms with Crippen molar-refractivity contribution < 1.29 is 9.47 Å². The first-order chi connectivity index (χ1) is 9.71. The Morgan fingerprint density at radius 1 is 1.25 bits per heavy atom. The lowest BCUT2D eigenvalue weighted by molar-refractivity contribution is 0.261. The number of pyridine rings is 1. The Morgan fingerprint density at radius 3 is 2.90 bits per heavy atom. The van der Waals surface area contributed by atoms with Gasteiger partial charge in [-0.3, -0.25) is 0 Å². The van der Waals surface area contributed by atoms with E-state index in [0.717, 1.165) is 20.4 Å². The van der Waals surface area contributed by atoms with E-state index in [-0.39, 0.29) is 6.02 Å². The van der Waals surface area contributed by atoms with Crippen molar-refractivity contribution in [2.24, 2.45) is 10.7 Å². The minimum atomic E-state index is -0.654. The zero-order valence-electron chi connectivity index (χ0n) is 10.3. The second kappa shape index (κ2) is 4.08. The number of nitrogens with two attached hydrogens (primary N) is 1. The number of para-hydroxylation sites is 1. The quantitative estimate of drug-likeness (QED) is 0.714. The number of rotatable bonds is 0. The van der Waals surface area contributed by atoms with Crippen LogP contribution in [-0.4, -0.2) is 17.6 Å². The Labute approximate surface area is 129 Å². The summed E-state index contributed by atoms with van der Waals surface area (Å²) >= 11 is 2.26.